The average Bonchev–Trinajstić information content (AvgIpc) is 3.07. The Balaban J connectivity index is 1.94. The molecule has 6 nitrogen and oxygen atoms in total. The van der Waals surface area contributed by atoms with Crippen LogP contribution in [0.25, 0.3) is 11.4 Å². The number of rotatable bonds is 3. The minimum absolute atomic E-state index is 0.0606. The highest BCUT2D eigenvalue weighted by Gasteiger charge is 2.31. The Morgan fingerprint density at radius 3 is 2.95 bits per heavy atom. The molecule has 2 N–H and O–H groups in total. The Hall–Kier alpha value is -1.63. The van der Waals surface area contributed by atoms with E-state index in [1.807, 2.05) is 0 Å². The lowest BCUT2D eigenvalue weighted by atomic mass is 10.1. The van der Waals surface area contributed by atoms with E-state index in [4.69, 9.17) is 31.3 Å². The third-order valence-corrected chi connectivity index (χ3v) is 3.52. The first-order valence-electron chi connectivity index (χ1n) is 6.20. The summed E-state index contributed by atoms with van der Waals surface area (Å²) in [6.45, 7) is 1.01. The van der Waals surface area contributed by atoms with Crippen molar-refractivity contribution in [3.05, 3.63) is 29.1 Å². The van der Waals surface area contributed by atoms with E-state index in [1.165, 1.54) is 0 Å². The van der Waals surface area contributed by atoms with Crippen LogP contribution in [0, 0.1) is 0 Å². The molecule has 1 aliphatic rings. The van der Waals surface area contributed by atoms with E-state index in [0.29, 0.717) is 35.7 Å². The first-order chi connectivity index (χ1) is 9.69. The maximum Gasteiger partial charge on any atom is 0.234 e. The SMILES string of the molecule is COc1cc(Cl)ccc1-c1noc(C2COCC2N)n1. The van der Waals surface area contributed by atoms with Gasteiger partial charge in [0.05, 0.1) is 31.8 Å². The van der Waals surface area contributed by atoms with Gasteiger partial charge >= 0.3 is 0 Å². The summed E-state index contributed by atoms with van der Waals surface area (Å²) in [4.78, 5) is 4.39. The van der Waals surface area contributed by atoms with Gasteiger partial charge < -0.3 is 19.7 Å². The van der Waals surface area contributed by atoms with Crippen LogP contribution in [0.15, 0.2) is 22.7 Å². The first-order valence-corrected chi connectivity index (χ1v) is 6.57. The smallest absolute Gasteiger partial charge is 0.234 e. The van der Waals surface area contributed by atoms with Crippen LogP contribution in [0.3, 0.4) is 0 Å². The number of methoxy groups -OCH3 is 1. The third kappa shape index (κ3) is 2.37. The van der Waals surface area contributed by atoms with Crippen LogP contribution >= 0.6 is 11.6 Å². The van der Waals surface area contributed by atoms with Crippen molar-refractivity contribution in [1.82, 2.24) is 10.1 Å². The summed E-state index contributed by atoms with van der Waals surface area (Å²) in [5.41, 5.74) is 6.66. The quantitative estimate of drug-likeness (QED) is 0.930. The van der Waals surface area contributed by atoms with Gasteiger partial charge in [0.2, 0.25) is 11.7 Å². The zero-order chi connectivity index (χ0) is 14.1. The average molecular weight is 296 g/mol. The van der Waals surface area contributed by atoms with Crippen LogP contribution in [0.4, 0.5) is 0 Å². The van der Waals surface area contributed by atoms with E-state index in [9.17, 15) is 0 Å². The molecule has 0 radical (unpaired) electrons. The topological polar surface area (TPSA) is 83.4 Å². The summed E-state index contributed by atoms with van der Waals surface area (Å²) >= 11 is 5.93. The van der Waals surface area contributed by atoms with Crippen LogP contribution in [0.5, 0.6) is 5.75 Å². The van der Waals surface area contributed by atoms with Crippen molar-refractivity contribution in [2.75, 3.05) is 20.3 Å². The highest BCUT2D eigenvalue weighted by atomic mass is 35.5. The zero-order valence-electron chi connectivity index (χ0n) is 10.9. The summed E-state index contributed by atoms with van der Waals surface area (Å²) in [7, 11) is 1.57. The molecule has 0 bridgehead atoms. The van der Waals surface area contributed by atoms with Gasteiger partial charge in [-0.2, -0.15) is 4.98 Å². The summed E-state index contributed by atoms with van der Waals surface area (Å²) in [5.74, 6) is 1.47. The van der Waals surface area contributed by atoms with Crippen LogP contribution < -0.4 is 10.5 Å². The fraction of sp³-hybridized carbons (Fsp3) is 0.385. The maximum absolute atomic E-state index is 5.94. The predicted molar refractivity (Wildman–Crippen MR) is 72.8 cm³/mol. The molecule has 0 amide bonds. The molecular formula is C13H14ClN3O3. The van der Waals surface area contributed by atoms with Gasteiger partial charge in [-0.15, -0.1) is 0 Å². The van der Waals surface area contributed by atoms with Gasteiger partial charge in [-0.3, -0.25) is 0 Å². The highest BCUT2D eigenvalue weighted by molar-refractivity contribution is 6.30. The summed E-state index contributed by atoms with van der Waals surface area (Å²) < 4.78 is 15.9. The number of hydrogen-bond donors (Lipinski definition) is 1. The number of halogens is 1. The summed E-state index contributed by atoms with van der Waals surface area (Å²) in [5, 5.41) is 4.57. The molecule has 0 spiro atoms. The number of nitrogens with zero attached hydrogens (tertiary/aromatic N) is 2. The molecule has 0 aliphatic carbocycles. The predicted octanol–water partition coefficient (Wildman–Crippen LogP) is 1.84. The van der Waals surface area contributed by atoms with E-state index in [0.717, 1.165) is 5.56 Å². The van der Waals surface area contributed by atoms with Crippen molar-refractivity contribution < 1.29 is 14.0 Å². The maximum atomic E-state index is 5.94. The van der Waals surface area contributed by atoms with Crippen LogP contribution in [0.2, 0.25) is 5.02 Å². The van der Waals surface area contributed by atoms with Gasteiger partial charge in [0.15, 0.2) is 0 Å². The van der Waals surface area contributed by atoms with Crippen LogP contribution in [-0.2, 0) is 4.74 Å². The minimum Gasteiger partial charge on any atom is -0.496 e. The third-order valence-electron chi connectivity index (χ3n) is 3.29. The zero-order valence-corrected chi connectivity index (χ0v) is 11.6. The number of hydrogen-bond acceptors (Lipinski definition) is 6. The Kier molecular flexibility index (Phi) is 3.60. The molecule has 7 heteroatoms. The van der Waals surface area contributed by atoms with Crippen molar-refractivity contribution in [3.8, 4) is 17.1 Å². The summed E-state index contributed by atoms with van der Waals surface area (Å²) in [6.07, 6.45) is 0. The van der Waals surface area contributed by atoms with Crippen molar-refractivity contribution in [1.29, 1.82) is 0 Å². The van der Waals surface area contributed by atoms with Crippen molar-refractivity contribution in [3.63, 3.8) is 0 Å². The molecule has 106 valence electrons. The fourth-order valence-electron chi connectivity index (χ4n) is 2.17. The lowest BCUT2D eigenvalue weighted by molar-refractivity contribution is 0.187. The lowest BCUT2D eigenvalue weighted by Crippen LogP contribution is -2.26. The molecule has 20 heavy (non-hydrogen) atoms. The molecule has 3 rings (SSSR count). The lowest BCUT2D eigenvalue weighted by Gasteiger charge is -2.06. The van der Waals surface area contributed by atoms with Crippen molar-refractivity contribution >= 4 is 11.6 Å². The van der Waals surface area contributed by atoms with Gasteiger partial charge in [-0.25, -0.2) is 0 Å². The number of nitrogens with two attached hydrogens (primary N) is 1. The molecule has 2 heterocycles. The molecule has 0 saturated carbocycles. The van der Waals surface area contributed by atoms with Gasteiger partial charge in [0, 0.05) is 11.1 Å². The van der Waals surface area contributed by atoms with Gasteiger partial charge in [0.1, 0.15) is 5.75 Å². The van der Waals surface area contributed by atoms with E-state index in [1.54, 1.807) is 25.3 Å². The molecule has 2 aromatic rings. The molecule has 2 unspecified atom stereocenters. The molecular weight excluding hydrogens is 282 g/mol. The molecule has 1 saturated heterocycles. The second-order valence-corrected chi connectivity index (χ2v) is 5.05. The van der Waals surface area contributed by atoms with Crippen LogP contribution in [0.1, 0.15) is 11.8 Å². The van der Waals surface area contributed by atoms with E-state index in [2.05, 4.69) is 10.1 Å². The van der Waals surface area contributed by atoms with Gasteiger partial charge in [-0.1, -0.05) is 16.8 Å². The number of ether oxygens (including phenoxy) is 2. The largest absolute Gasteiger partial charge is 0.496 e. The van der Waals surface area contributed by atoms with Crippen molar-refractivity contribution in [2.24, 2.45) is 5.73 Å². The Morgan fingerprint density at radius 1 is 1.40 bits per heavy atom. The molecule has 1 aliphatic heterocycles. The minimum atomic E-state index is -0.115. The molecule has 1 aromatic carbocycles. The monoisotopic (exact) mass is 295 g/mol. The fourth-order valence-corrected chi connectivity index (χ4v) is 2.33. The number of benzene rings is 1. The van der Waals surface area contributed by atoms with Gasteiger partial charge in [0.25, 0.3) is 0 Å². The van der Waals surface area contributed by atoms with E-state index in [-0.39, 0.29) is 12.0 Å². The Morgan fingerprint density at radius 2 is 2.25 bits per heavy atom. The Bertz CT molecular complexity index is 617. The van der Waals surface area contributed by atoms with E-state index < -0.39 is 0 Å². The highest BCUT2D eigenvalue weighted by Crippen LogP contribution is 2.32. The molecule has 1 fully saturated rings. The standard InChI is InChI=1S/C13H14ClN3O3/c1-18-11-4-7(14)2-3-8(11)12-16-13(20-17-12)9-5-19-6-10(9)15/h2-4,9-10H,5-6,15H2,1H3. The van der Waals surface area contributed by atoms with E-state index >= 15 is 0 Å². The second-order valence-electron chi connectivity index (χ2n) is 4.61. The normalized spacial score (nSPS) is 22.1. The van der Waals surface area contributed by atoms with Gasteiger partial charge in [-0.05, 0) is 18.2 Å². The van der Waals surface area contributed by atoms with Crippen LogP contribution in [-0.4, -0.2) is 36.5 Å². The Labute approximate surface area is 120 Å². The molecule has 2 atom stereocenters. The number of aromatic nitrogens is 2. The second kappa shape index (κ2) is 5.40. The van der Waals surface area contributed by atoms with Crippen molar-refractivity contribution in [2.45, 2.75) is 12.0 Å². The molecule has 1 aromatic heterocycles. The summed E-state index contributed by atoms with van der Waals surface area (Å²) in [6, 6.07) is 5.13. The first kappa shape index (κ1) is 13.4.